The molecule has 0 aliphatic heterocycles. The molecule has 0 amide bonds. The highest BCUT2D eigenvalue weighted by molar-refractivity contribution is 5.99. The molecule has 52 heavy (non-hydrogen) atoms. The Balaban J connectivity index is 1.24. The SMILES string of the molecule is c1ccc2cc(-c3cc(-c4ccc5ccccc5c4)nc(-c4cc(-c5ccnc6ccccc56)cc(-c5ccnc6ccccc56)c4)n3)ccc2c1. The average molecular weight is 663 g/mol. The number of aromatic nitrogens is 4. The topological polar surface area (TPSA) is 51.6 Å². The highest BCUT2D eigenvalue weighted by atomic mass is 14.9. The van der Waals surface area contributed by atoms with Crippen LogP contribution in [0, 0.1) is 0 Å². The summed E-state index contributed by atoms with van der Waals surface area (Å²) in [7, 11) is 0. The molecule has 0 saturated heterocycles. The van der Waals surface area contributed by atoms with Gasteiger partial charge in [-0.15, -0.1) is 0 Å². The molecule has 0 atom stereocenters. The fraction of sp³-hybridized carbons (Fsp3) is 0. The highest BCUT2D eigenvalue weighted by Crippen LogP contribution is 2.38. The Morgan fingerprint density at radius 2 is 0.750 bits per heavy atom. The highest BCUT2D eigenvalue weighted by Gasteiger charge is 2.16. The quantitative estimate of drug-likeness (QED) is 0.184. The van der Waals surface area contributed by atoms with Gasteiger partial charge in [-0.3, -0.25) is 9.97 Å². The van der Waals surface area contributed by atoms with Gasteiger partial charge >= 0.3 is 0 Å². The molecule has 0 radical (unpaired) electrons. The summed E-state index contributed by atoms with van der Waals surface area (Å²) in [6.07, 6.45) is 3.78. The van der Waals surface area contributed by atoms with Crippen molar-refractivity contribution in [1.82, 2.24) is 19.9 Å². The molecule has 0 aliphatic carbocycles. The maximum absolute atomic E-state index is 5.33. The Kier molecular flexibility index (Phi) is 7.10. The summed E-state index contributed by atoms with van der Waals surface area (Å²) in [5.41, 5.74) is 11.0. The number of hydrogen-bond acceptors (Lipinski definition) is 4. The van der Waals surface area contributed by atoms with Crippen LogP contribution in [0.3, 0.4) is 0 Å². The molecule has 0 saturated carbocycles. The molecule has 4 heteroatoms. The number of rotatable bonds is 5. The van der Waals surface area contributed by atoms with Crippen molar-refractivity contribution in [3.05, 3.63) is 182 Å². The van der Waals surface area contributed by atoms with Crippen LogP contribution in [0.2, 0.25) is 0 Å². The Morgan fingerprint density at radius 3 is 1.27 bits per heavy atom. The second kappa shape index (κ2) is 12.4. The van der Waals surface area contributed by atoms with Gasteiger partial charge in [-0.2, -0.15) is 0 Å². The molecule has 0 bridgehead atoms. The van der Waals surface area contributed by atoms with E-state index in [1.807, 2.05) is 24.5 Å². The zero-order valence-electron chi connectivity index (χ0n) is 28.1. The smallest absolute Gasteiger partial charge is 0.160 e. The average Bonchev–Trinajstić information content (AvgIpc) is 3.22. The predicted molar refractivity (Wildman–Crippen MR) is 215 cm³/mol. The van der Waals surface area contributed by atoms with E-state index in [4.69, 9.17) is 9.97 Å². The minimum Gasteiger partial charge on any atom is -0.256 e. The lowest BCUT2D eigenvalue weighted by atomic mass is 9.93. The van der Waals surface area contributed by atoms with E-state index in [1.165, 1.54) is 21.5 Å². The summed E-state index contributed by atoms with van der Waals surface area (Å²) in [5.74, 6) is 0.661. The lowest BCUT2D eigenvalue weighted by Crippen LogP contribution is -1.97. The first kappa shape index (κ1) is 29.8. The standard InChI is InChI=1S/C48H30N4/c1-3-11-33-25-35(19-17-31(33)9-1)46-30-47(36-20-18-32-10-2-4-12-34(32)26-36)52-48(51-46)39-28-37(40-21-23-49-44-15-7-5-13-42(40)44)27-38(29-39)41-22-24-50-45-16-8-6-14-43(41)45/h1-30H. The van der Waals surface area contributed by atoms with Gasteiger partial charge < -0.3 is 0 Å². The number of nitrogens with zero attached hydrogens (tertiary/aromatic N) is 4. The van der Waals surface area contributed by atoms with Crippen LogP contribution < -0.4 is 0 Å². The zero-order chi connectivity index (χ0) is 34.4. The Labute approximate surface area is 300 Å². The Bertz CT molecular complexity index is 2780. The summed E-state index contributed by atoms with van der Waals surface area (Å²) in [6.45, 7) is 0. The van der Waals surface area contributed by atoms with Crippen LogP contribution in [-0.2, 0) is 0 Å². The van der Waals surface area contributed by atoms with Crippen molar-refractivity contribution in [3.63, 3.8) is 0 Å². The Morgan fingerprint density at radius 1 is 0.308 bits per heavy atom. The van der Waals surface area contributed by atoms with Crippen molar-refractivity contribution in [2.45, 2.75) is 0 Å². The van der Waals surface area contributed by atoms with E-state index < -0.39 is 0 Å². The van der Waals surface area contributed by atoms with Gasteiger partial charge in [0, 0.05) is 39.9 Å². The van der Waals surface area contributed by atoms with E-state index in [0.717, 1.165) is 72.1 Å². The van der Waals surface area contributed by atoms with E-state index in [-0.39, 0.29) is 0 Å². The third-order valence-electron chi connectivity index (χ3n) is 9.93. The molecule has 3 aromatic heterocycles. The maximum Gasteiger partial charge on any atom is 0.160 e. The molecular weight excluding hydrogens is 633 g/mol. The second-order valence-corrected chi connectivity index (χ2v) is 13.1. The van der Waals surface area contributed by atoms with E-state index >= 15 is 0 Å². The Hall–Kier alpha value is -7.04. The number of hydrogen-bond donors (Lipinski definition) is 0. The van der Waals surface area contributed by atoms with E-state index in [0.29, 0.717) is 5.82 Å². The fourth-order valence-electron chi connectivity index (χ4n) is 7.33. The molecule has 10 rings (SSSR count). The van der Waals surface area contributed by atoms with Gasteiger partial charge in [0.25, 0.3) is 0 Å². The van der Waals surface area contributed by atoms with Crippen molar-refractivity contribution < 1.29 is 0 Å². The van der Waals surface area contributed by atoms with E-state index in [1.54, 1.807) is 0 Å². The molecule has 10 aromatic rings. The summed E-state index contributed by atoms with van der Waals surface area (Å²) in [5, 5.41) is 6.92. The number of pyridine rings is 2. The first-order valence-electron chi connectivity index (χ1n) is 17.4. The van der Waals surface area contributed by atoms with Crippen molar-refractivity contribution >= 4 is 43.4 Å². The van der Waals surface area contributed by atoms with Gasteiger partial charge in [0.05, 0.1) is 22.4 Å². The van der Waals surface area contributed by atoms with Crippen molar-refractivity contribution in [2.24, 2.45) is 0 Å². The van der Waals surface area contributed by atoms with E-state index in [9.17, 15) is 0 Å². The first-order chi connectivity index (χ1) is 25.7. The van der Waals surface area contributed by atoms with Gasteiger partial charge in [0.1, 0.15) is 0 Å². The summed E-state index contributed by atoms with van der Waals surface area (Å²) >= 11 is 0. The van der Waals surface area contributed by atoms with Crippen LogP contribution in [0.4, 0.5) is 0 Å². The van der Waals surface area contributed by atoms with E-state index in [2.05, 4.69) is 168 Å². The molecule has 0 aliphatic rings. The van der Waals surface area contributed by atoms with Gasteiger partial charge in [0.15, 0.2) is 5.82 Å². The van der Waals surface area contributed by atoms with Crippen molar-refractivity contribution in [2.75, 3.05) is 0 Å². The van der Waals surface area contributed by atoms with Crippen LogP contribution in [0.5, 0.6) is 0 Å². The fourth-order valence-corrected chi connectivity index (χ4v) is 7.33. The number of benzene rings is 7. The molecule has 242 valence electrons. The number of para-hydroxylation sites is 2. The molecular formula is C48H30N4. The van der Waals surface area contributed by atoms with Gasteiger partial charge in [-0.25, -0.2) is 9.97 Å². The summed E-state index contributed by atoms with van der Waals surface area (Å²) in [6, 6.07) is 59.6. The molecule has 4 nitrogen and oxygen atoms in total. The maximum atomic E-state index is 5.33. The predicted octanol–water partition coefficient (Wildman–Crippen LogP) is 12.2. The largest absolute Gasteiger partial charge is 0.256 e. The van der Waals surface area contributed by atoms with Crippen LogP contribution in [-0.4, -0.2) is 19.9 Å². The summed E-state index contributed by atoms with van der Waals surface area (Å²) < 4.78 is 0. The van der Waals surface area contributed by atoms with Gasteiger partial charge in [-0.05, 0) is 104 Å². The molecule has 0 N–H and O–H groups in total. The van der Waals surface area contributed by atoms with Gasteiger partial charge in [-0.1, -0.05) is 109 Å². The van der Waals surface area contributed by atoms with Crippen LogP contribution in [0.1, 0.15) is 0 Å². The van der Waals surface area contributed by atoms with Crippen LogP contribution in [0.15, 0.2) is 182 Å². The molecule has 0 unspecified atom stereocenters. The molecule has 0 fully saturated rings. The molecule has 7 aromatic carbocycles. The lowest BCUT2D eigenvalue weighted by Gasteiger charge is -2.15. The third kappa shape index (κ3) is 5.34. The van der Waals surface area contributed by atoms with Crippen LogP contribution >= 0.6 is 0 Å². The number of fused-ring (bicyclic) bond motifs is 4. The second-order valence-electron chi connectivity index (χ2n) is 13.1. The zero-order valence-corrected chi connectivity index (χ0v) is 28.1. The van der Waals surface area contributed by atoms with Crippen molar-refractivity contribution in [3.8, 4) is 56.2 Å². The minimum atomic E-state index is 0.661. The monoisotopic (exact) mass is 662 g/mol. The van der Waals surface area contributed by atoms with Crippen LogP contribution in [0.25, 0.3) is 99.5 Å². The first-order valence-corrected chi connectivity index (χ1v) is 17.4. The molecule has 0 spiro atoms. The van der Waals surface area contributed by atoms with Gasteiger partial charge in [0.2, 0.25) is 0 Å². The third-order valence-corrected chi connectivity index (χ3v) is 9.93. The normalized spacial score (nSPS) is 11.5. The molecule has 3 heterocycles. The lowest BCUT2D eigenvalue weighted by molar-refractivity contribution is 1.18. The van der Waals surface area contributed by atoms with Crippen molar-refractivity contribution in [1.29, 1.82) is 0 Å². The minimum absolute atomic E-state index is 0.661. The summed E-state index contributed by atoms with van der Waals surface area (Å²) in [4.78, 5) is 20.0.